The van der Waals surface area contributed by atoms with Gasteiger partial charge in [-0.05, 0) is 13.8 Å². The lowest BCUT2D eigenvalue weighted by Crippen LogP contribution is -2.60. The number of likely N-dealkylation sites (N-methyl/N-ethyl adjacent to an activating group) is 1. The molecule has 6 nitrogen and oxygen atoms in total. The molecule has 6 heteroatoms. The van der Waals surface area contributed by atoms with Crippen LogP contribution >= 0.6 is 0 Å². The van der Waals surface area contributed by atoms with Crippen molar-refractivity contribution in [3.63, 3.8) is 0 Å². The van der Waals surface area contributed by atoms with Crippen LogP contribution in [0.5, 0.6) is 0 Å². The van der Waals surface area contributed by atoms with E-state index in [0.29, 0.717) is 13.1 Å². The lowest BCUT2D eigenvalue weighted by molar-refractivity contribution is -0.150. The number of amides is 2. The zero-order chi connectivity index (χ0) is 13.1. The van der Waals surface area contributed by atoms with Crippen LogP contribution in [0.1, 0.15) is 13.8 Å². The van der Waals surface area contributed by atoms with Crippen molar-refractivity contribution in [2.75, 3.05) is 39.8 Å². The lowest BCUT2D eigenvalue weighted by atomic mass is 10.0. The highest BCUT2D eigenvalue weighted by Crippen LogP contribution is 2.16. The maximum atomic E-state index is 12.3. The highest BCUT2D eigenvalue weighted by atomic mass is 16.2. The normalized spacial score (nSPS) is 16.8. The minimum Gasteiger partial charge on any atom is -0.338 e. The van der Waals surface area contributed by atoms with Gasteiger partial charge in [-0.3, -0.25) is 9.59 Å². The van der Waals surface area contributed by atoms with Gasteiger partial charge in [0.2, 0.25) is 11.8 Å². The second-order valence-corrected chi connectivity index (χ2v) is 4.76. The van der Waals surface area contributed by atoms with Crippen LogP contribution in [0.3, 0.4) is 0 Å². The number of carbonyl (C=O) groups is 2. The molecule has 1 rings (SSSR count). The number of hydrogen-bond acceptors (Lipinski definition) is 4. The number of rotatable bonds is 3. The molecular formula is C11H22N4O2. The van der Waals surface area contributed by atoms with E-state index in [4.69, 9.17) is 5.73 Å². The van der Waals surface area contributed by atoms with Gasteiger partial charge in [-0.2, -0.15) is 0 Å². The lowest BCUT2D eigenvalue weighted by Gasteiger charge is -2.39. The zero-order valence-electron chi connectivity index (χ0n) is 10.8. The van der Waals surface area contributed by atoms with E-state index in [1.54, 1.807) is 25.8 Å². The smallest absolute Gasteiger partial charge is 0.248 e. The summed E-state index contributed by atoms with van der Waals surface area (Å²) in [4.78, 5) is 27.1. The van der Waals surface area contributed by atoms with E-state index in [0.717, 1.165) is 13.1 Å². The first-order valence-electron chi connectivity index (χ1n) is 5.88. The quantitative estimate of drug-likeness (QED) is 0.639. The van der Waals surface area contributed by atoms with E-state index in [9.17, 15) is 9.59 Å². The molecule has 0 bridgehead atoms. The second-order valence-electron chi connectivity index (χ2n) is 4.76. The summed E-state index contributed by atoms with van der Waals surface area (Å²) in [6, 6.07) is 0. The number of carbonyl (C=O) groups excluding carboxylic acids is 2. The Morgan fingerprint density at radius 2 is 1.88 bits per heavy atom. The van der Waals surface area contributed by atoms with Crippen molar-refractivity contribution in [1.82, 2.24) is 15.1 Å². The molecule has 1 heterocycles. The molecule has 0 unspecified atom stereocenters. The van der Waals surface area contributed by atoms with Crippen molar-refractivity contribution < 1.29 is 9.59 Å². The summed E-state index contributed by atoms with van der Waals surface area (Å²) in [5.41, 5.74) is 4.48. The third kappa shape index (κ3) is 2.95. The van der Waals surface area contributed by atoms with Crippen LogP contribution in [0.4, 0.5) is 0 Å². The molecule has 0 radical (unpaired) electrons. The van der Waals surface area contributed by atoms with Crippen LogP contribution in [-0.2, 0) is 9.59 Å². The molecule has 98 valence electrons. The number of nitrogens with one attached hydrogen (secondary N) is 1. The molecule has 17 heavy (non-hydrogen) atoms. The van der Waals surface area contributed by atoms with Crippen LogP contribution < -0.4 is 11.1 Å². The fraction of sp³-hybridized carbons (Fsp3) is 0.818. The number of piperazine rings is 1. The average Bonchev–Trinajstić information content (AvgIpc) is 2.36. The average molecular weight is 242 g/mol. The van der Waals surface area contributed by atoms with Gasteiger partial charge in [-0.15, -0.1) is 0 Å². The molecule has 0 saturated carbocycles. The number of nitrogens with zero attached hydrogens (tertiary/aromatic N) is 2. The Morgan fingerprint density at radius 1 is 1.35 bits per heavy atom. The van der Waals surface area contributed by atoms with Gasteiger partial charge in [0.25, 0.3) is 0 Å². The highest BCUT2D eigenvalue weighted by molar-refractivity contribution is 5.91. The minimum absolute atomic E-state index is 0.0247. The van der Waals surface area contributed by atoms with Crippen LogP contribution in [0.2, 0.25) is 0 Å². The van der Waals surface area contributed by atoms with E-state index < -0.39 is 5.54 Å². The van der Waals surface area contributed by atoms with Gasteiger partial charge in [-0.25, -0.2) is 0 Å². The first kappa shape index (κ1) is 13.9. The molecule has 0 aromatic heterocycles. The standard InChI is InChI=1S/C11H22N4O2/c1-11(2,14(3)9(16)8-12)10(17)15-6-4-13-5-7-15/h13H,4-8,12H2,1-3H3. The Morgan fingerprint density at radius 3 is 2.35 bits per heavy atom. The largest absolute Gasteiger partial charge is 0.338 e. The molecule has 0 spiro atoms. The minimum atomic E-state index is -0.839. The van der Waals surface area contributed by atoms with Gasteiger partial charge in [0.1, 0.15) is 5.54 Å². The molecule has 0 aliphatic carbocycles. The fourth-order valence-electron chi connectivity index (χ4n) is 1.85. The first-order valence-corrected chi connectivity index (χ1v) is 5.88. The molecule has 0 atom stereocenters. The van der Waals surface area contributed by atoms with Crippen molar-refractivity contribution in [1.29, 1.82) is 0 Å². The summed E-state index contributed by atoms with van der Waals surface area (Å²) in [6.07, 6.45) is 0. The van der Waals surface area contributed by atoms with E-state index in [2.05, 4.69) is 5.32 Å². The summed E-state index contributed by atoms with van der Waals surface area (Å²) in [5, 5.41) is 3.19. The Bertz CT molecular complexity index is 298. The van der Waals surface area contributed by atoms with E-state index >= 15 is 0 Å². The molecule has 1 saturated heterocycles. The van der Waals surface area contributed by atoms with Crippen molar-refractivity contribution in [2.45, 2.75) is 19.4 Å². The van der Waals surface area contributed by atoms with Gasteiger partial charge in [0, 0.05) is 33.2 Å². The van der Waals surface area contributed by atoms with Gasteiger partial charge in [0.05, 0.1) is 6.54 Å². The van der Waals surface area contributed by atoms with Gasteiger partial charge in [-0.1, -0.05) is 0 Å². The molecular weight excluding hydrogens is 220 g/mol. The molecule has 1 aliphatic heterocycles. The van der Waals surface area contributed by atoms with E-state index in [1.807, 2.05) is 0 Å². The third-order valence-corrected chi connectivity index (χ3v) is 3.31. The molecule has 2 amide bonds. The Labute approximate surface area is 102 Å². The fourth-order valence-corrected chi connectivity index (χ4v) is 1.85. The maximum absolute atomic E-state index is 12.3. The zero-order valence-corrected chi connectivity index (χ0v) is 10.8. The Kier molecular flexibility index (Phi) is 4.47. The second kappa shape index (κ2) is 5.46. The third-order valence-electron chi connectivity index (χ3n) is 3.31. The predicted molar refractivity (Wildman–Crippen MR) is 65.4 cm³/mol. The highest BCUT2D eigenvalue weighted by Gasteiger charge is 2.38. The topological polar surface area (TPSA) is 78.7 Å². The summed E-state index contributed by atoms with van der Waals surface area (Å²) < 4.78 is 0. The summed E-state index contributed by atoms with van der Waals surface area (Å²) >= 11 is 0. The van der Waals surface area contributed by atoms with Crippen LogP contribution in [-0.4, -0.2) is 66.9 Å². The van der Waals surface area contributed by atoms with Crippen molar-refractivity contribution in [3.8, 4) is 0 Å². The molecule has 1 aliphatic rings. The summed E-state index contributed by atoms with van der Waals surface area (Å²) in [6.45, 7) is 6.41. The molecule has 0 aromatic carbocycles. The van der Waals surface area contributed by atoms with E-state index in [-0.39, 0.29) is 18.4 Å². The van der Waals surface area contributed by atoms with Gasteiger partial charge in [0.15, 0.2) is 0 Å². The summed E-state index contributed by atoms with van der Waals surface area (Å²) in [7, 11) is 1.62. The molecule has 3 N–H and O–H groups in total. The van der Waals surface area contributed by atoms with Gasteiger partial charge < -0.3 is 20.9 Å². The molecule has 0 aromatic rings. The van der Waals surface area contributed by atoms with Crippen molar-refractivity contribution in [3.05, 3.63) is 0 Å². The van der Waals surface area contributed by atoms with Gasteiger partial charge >= 0.3 is 0 Å². The SMILES string of the molecule is CN(C(=O)CN)C(C)(C)C(=O)N1CCNCC1. The first-order chi connectivity index (χ1) is 7.91. The maximum Gasteiger partial charge on any atom is 0.248 e. The number of hydrogen-bond donors (Lipinski definition) is 2. The number of nitrogens with two attached hydrogens (primary N) is 1. The monoisotopic (exact) mass is 242 g/mol. The van der Waals surface area contributed by atoms with Crippen molar-refractivity contribution in [2.24, 2.45) is 5.73 Å². The van der Waals surface area contributed by atoms with Crippen LogP contribution in [0.25, 0.3) is 0 Å². The predicted octanol–water partition coefficient (Wildman–Crippen LogP) is -1.39. The molecule has 1 fully saturated rings. The van der Waals surface area contributed by atoms with E-state index in [1.165, 1.54) is 4.90 Å². The summed E-state index contributed by atoms with van der Waals surface area (Å²) in [5.74, 6) is -0.248. The Balaban J connectivity index is 2.74. The van der Waals surface area contributed by atoms with Crippen LogP contribution in [0, 0.1) is 0 Å². The van der Waals surface area contributed by atoms with Crippen molar-refractivity contribution >= 4 is 11.8 Å². The Hall–Kier alpha value is -1.14. The van der Waals surface area contributed by atoms with Crippen LogP contribution in [0.15, 0.2) is 0 Å².